The zero-order valence-corrected chi connectivity index (χ0v) is 11.3. The van der Waals surface area contributed by atoms with Crippen LogP contribution in [0.3, 0.4) is 0 Å². The number of amides is 1. The number of ether oxygens (including phenoxy) is 1. The highest BCUT2D eigenvalue weighted by Crippen LogP contribution is 2.14. The van der Waals surface area contributed by atoms with E-state index in [2.05, 4.69) is 5.32 Å². The standard InChI is InChI=1S/C11H22N2O2S/c1-5-7-8(9(12)16)13-10(14)11(3,6-2)15-4/h8H,5-7H2,1-4H3,(H2,12,16)(H,13,14). The third-order valence-electron chi connectivity index (χ3n) is 2.83. The van der Waals surface area contributed by atoms with E-state index in [9.17, 15) is 4.79 Å². The molecule has 1 amide bonds. The molecule has 0 fully saturated rings. The maximum atomic E-state index is 12.0. The third kappa shape index (κ3) is 4.06. The van der Waals surface area contributed by atoms with Crippen molar-refractivity contribution in [3.05, 3.63) is 0 Å². The van der Waals surface area contributed by atoms with Crippen molar-refractivity contribution in [3.8, 4) is 0 Å². The minimum absolute atomic E-state index is 0.163. The van der Waals surface area contributed by atoms with Crippen molar-refractivity contribution in [2.24, 2.45) is 5.73 Å². The van der Waals surface area contributed by atoms with E-state index in [-0.39, 0.29) is 11.9 Å². The van der Waals surface area contributed by atoms with Gasteiger partial charge in [0.1, 0.15) is 5.60 Å². The van der Waals surface area contributed by atoms with Gasteiger partial charge in [0.2, 0.25) is 0 Å². The fourth-order valence-electron chi connectivity index (χ4n) is 1.28. The Morgan fingerprint density at radius 3 is 2.44 bits per heavy atom. The van der Waals surface area contributed by atoms with Crippen molar-refractivity contribution in [2.45, 2.75) is 51.7 Å². The lowest BCUT2D eigenvalue weighted by atomic mass is 10.0. The van der Waals surface area contributed by atoms with Crippen LogP contribution in [0, 0.1) is 0 Å². The summed E-state index contributed by atoms with van der Waals surface area (Å²) >= 11 is 4.92. The second kappa shape index (κ2) is 6.81. The summed E-state index contributed by atoms with van der Waals surface area (Å²) in [5.74, 6) is -0.163. The van der Waals surface area contributed by atoms with Gasteiger partial charge in [0, 0.05) is 7.11 Å². The van der Waals surface area contributed by atoms with Gasteiger partial charge >= 0.3 is 0 Å². The first kappa shape index (κ1) is 15.3. The van der Waals surface area contributed by atoms with Crippen molar-refractivity contribution in [2.75, 3.05) is 7.11 Å². The summed E-state index contributed by atoms with van der Waals surface area (Å²) in [6.07, 6.45) is 2.27. The van der Waals surface area contributed by atoms with Crippen molar-refractivity contribution < 1.29 is 9.53 Å². The van der Waals surface area contributed by atoms with Crippen LogP contribution in [0.2, 0.25) is 0 Å². The summed E-state index contributed by atoms with van der Waals surface area (Å²) in [5.41, 5.74) is 4.76. The number of hydrogen-bond donors (Lipinski definition) is 2. The first-order valence-corrected chi connectivity index (χ1v) is 5.97. The normalized spacial score (nSPS) is 16.2. The minimum Gasteiger partial charge on any atom is -0.392 e. The fraction of sp³-hybridized carbons (Fsp3) is 0.818. The lowest BCUT2D eigenvalue weighted by molar-refractivity contribution is -0.142. The molecule has 0 bridgehead atoms. The first-order valence-electron chi connectivity index (χ1n) is 5.56. The topological polar surface area (TPSA) is 64.3 Å². The van der Waals surface area contributed by atoms with Gasteiger partial charge in [-0.15, -0.1) is 0 Å². The zero-order valence-electron chi connectivity index (χ0n) is 10.5. The highest BCUT2D eigenvalue weighted by Gasteiger charge is 2.32. The van der Waals surface area contributed by atoms with Crippen LogP contribution < -0.4 is 11.1 Å². The summed E-state index contributed by atoms with van der Waals surface area (Å²) in [5, 5.41) is 2.83. The van der Waals surface area contributed by atoms with Gasteiger partial charge in [0.25, 0.3) is 5.91 Å². The zero-order chi connectivity index (χ0) is 12.8. The molecule has 2 unspecified atom stereocenters. The van der Waals surface area contributed by atoms with E-state index in [1.165, 1.54) is 7.11 Å². The maximum Gasteiger partial charge on any atom is 0.252 e. The Morgan fingerprint density at radius 2 is 2.12 bits per heavy atom. The molecule has 0 radical (unpaired) electrons. The lowest BCUT2D eigenvalue weighted by Crippen LogP contribution is -2.52. The predicted molar refractivity (Wildman–Crippen MR) is 69.3 cm³/mol. The Labute approximate surface area is 103 Å². The quantitative estimate of drug-likeness (QED) is 0.666. The molecule has 5 heteroatoms. The molecule has 0 saturated heterocycles. The van der Waals surface area contributed by atoms with E-state index in [1.54, 1.807) is 6.92 Å². The molecular weight excluding hydrogens is 224 g/mol. The first-order chi connectivity index (χ1) is 7.41. The van der Waals surface area contributed by atoms with Crippen LogP contribution in [0.1, 0.15) is 40.0 Å². The van der Waals surface area contributed by atoms with Crippen LogP contribution in [-0.4, -0.2) is 29.6 Å². The van der Waals surface area contributed by atoms with Crippen molar-refractivity contribution in [3.63, 3.8) is 0 Å². The van der Waals surface area contributed by atoms with E-state index in [4.69, 9.17) is 22.7 Å². The number of thiocarbonyl (C=S) groups is 1. The van der Waals surface area contributed by atoms with Gasteiger partial charge in [-0.3, -0.25) is 4.79 Å². The van der Waals surface area contributed by atoms with E-state index in [0.29, 0.717) is 11.4 Å². The van der Waals surface area contributed by atoms with Gasteiger partial charge < -0.3 is 15.8 Å². The third-order valence-corrected chi connectivity index (χ3v) is 3.12. The van der Waals surface area contributed by atoms with Gasteiger partial charge in [0.05, 0.1) is 11.0 Å². The maximum absolute atomic E-state index is 12.0. The van der Waals surface area contributed by atoms with E-state index in [1.807, 2.05) is 13.8 Å². The molecule has 0 saturated carbocycles. The SMILES string of the molecule is CCCC(NC(=O)C(C)(CC)OC)C(N)=S. The van der Waals surface area contributed by atoms with Gasteiger partial charge in [-0.2, -0.15) is 0 Å². The Morgan fingerprint density at radius 1 is 1.56 bits per heavy atom. The molecule has 3 N–H and O–H groups in total. The summed E-state index contributed by atoms with van der Waals surface area (Å²) in [7, 11) is 1.53. The molecule has 0 aromatic rings. The Hall–Kier alpha value is -0.680. The number of rotatable bonds is 7. The van der Waals surface area contributed by atoms with Crippen LogP contribution in [0.25, 0.3) is 0 Å². The number of methoxy groups -OCH3 is 1. The van der Waals surface area contributed by atoms with Gasteiger partial charge in [-0.25, -0.2) is 0 Å². The summed E-state index contributed by atoms with van der Waals surface area (Å²) in [6.45, 7) is 5.68. The average molecular weight is 246 g/mol. The monoisotopic (exact) mass is 246 g/mol. The van der Waals surface area contributed by atoms with Crippen molar-refractivity contribution >= 4 is 23.1 Å². The van der Waals surface area contributed by atoms with E-state index >= 15 is 0 Å². The van der Waals surface area contributed by atoms with Gasteiger partial charge in [-0.05, 0) is 19.8 Å². The van der Waals surface area contributed by atoms with Crippen molar-refractivity contribution in [1.82, 2.24) is 5.32 Å². The van der Waals surface area contributed by atoms with E-state index < -0.39 is 5.60 Å². The molecule has 16 heavy (non-hydrogen) atoms. The number of carbonyl (C=O) groups excluding carboxylic acids is 1. The molecule has 2 atom stereocenters. The smallest absolute Gasteiger partial charge is 0.252 e. The molecule has 0 aliphatic carbocycles. The number of hydrogen-bond acceptors (Lipinski definition) is 3. The molecule has 0 aliphatic rings. The van der Waals surface area contributed by atoms with Crippen LogP contribution in [0.4, 0.5) is 0 Å². The Bertz CT molecular complexity index is 252. The van der Waals surface area contributed by atoms with Crippen LogP contribution in [-0.2, 0) is 9.53 Å². The second-order valence-corrected chi connectivity index (χ2v) is 4.48. The van der Waals surface area contributed by atoms with Crippen molar-refractivity contribution in [1.29, 1.82) is 0 Å². The van der Waals surface area contributed by atoms with Crippen LogP contribution >= 0.6 is 12.2 Å². The molecule has 94 valence electrons. The Balaban J connectivity index is 4.56. The average Bonchev–Trinajstić information content (AvgIpc) is 2.26. The molecule has 0 aromatic heterocycles. The van der Waals surface area contributed by atoms with Crippen LogP contribution in [0.5, 0.6) is 0 Å². The summed E-state index contributed by atoms with van der Waals surface area (Å²) in [4.78, 5) is 12.3. The lowest BCUT2D eigenvalue weighted by Gasteiger charge is -2.28. The molecule has 0 spiro atoms. The molecule has 0 aliphatic heterocycles. The minimum atomic E-state index is -0.809. The largest absolute Gasteiger partial charge is 0.392 e. The molecule has 0 heterocycles. The van der Waals surface area contributed by atoms with Gasteiger partial charge in [0.15, 0.2) is 0 Å². The summed E-state index contributed by atoms with van der Waals surface area (Å²) in [6, 6.07) is -0.242. The number of nitrogens with two attached hydrogens (primary N) is 1. The highest BCUT2D eigenvalue weighted by atomic mass is 32.1. The molecular formula is C11H22N2O2S. The Kier molecular flexibility index (Phi) is 6.52. The fourth-order valence-corrected chi connectivity index (χ4v) is 1.46. The molecule has 0 rings (SSSR count). The van der Waals surface area contributed by atoms with Gasteiger partial charge in [-0.1, -0.05) is 32.5 Å². The molecule has 4 nitrogen and oxygen atoms in total. The molecule has 0 aromatic carbocycles. The number of nitrogens with one attached hydrogen (secondary N) is 1. The predicted octanol–water partition coefficient (Wildman–Crippen LogP) is 1.37. The van der Waals surface area contributed by atoms with Crippen LogP contribution in [0.15, 0.2) is 0 Å². The number of carbonyl (C=O) groups is 1. The summed E-state index contributed by atoms with van der Waals surface area (Å²) < 4.78 is 5.21. The highest BCUT2D eigenvalue weighted by molar-refractivity contribution is 7.80. The second-order valence-electron chi connectivity index (χ2n) is 4.01. The van der Waals surface area contributed by atoms with E-state index in [0.717, 1.165) is 12.8 Å².